The van der Waals surface area contributed by atoms with Crippen molar-refractivity contribution in [2.24, 2.45) is 5.73 Å². The first-order valence-corrected chi connectivity index (χ1v) is 7.00. The maximum absolute atomic E-state index is 12.0. The monoisotopic (exact) mass is 323 g/mol. The molecule has 24 heavy (non-hydrogen) atoms. The molecule has 2 amide bonds. The molecule has 2 aromatic heterocycles. The van der Waals surface area contributed by atoms with Crippen molar-refractivity contribution >= 4 is 17.5 Å². The minimum atomic E-state index is -0.549. The van der Waals surface area contributed by atoms with Crippen molar-refractivity contribution in [3.05, 3.63) is 54.4 Å². The van der Waals surface area contributed by atoms with Gasteiger partial charge in [-0.15, -0.1) is 10.2 Å². The molecule has 0 saturated heterocycles. The van der Waals surface area contributed by atoms with Gasteiger partial charge in [-0.3, -0.25) is 14.6 Å². The number of nitrogens with one attached hydrogen (secondary N) is 1. The summed E-state index contributed by atoms with van der Waals surface area (Å²) in [6.45, 7) is -0.133. The van der Waals surface area contributed by atoms with Crippen LogP contribution in [0.1, 0.15) is 10.4 Å². The number of hydrogen-bond donors (Lipinski definition) is 2. The lowest BCUT2D eigenvalue weighted by molar-refractivity contribution is -0.118. The van der Waals surface area contributed by atoms with Crippen molar-refractivity contribution in [1.29, 1.82) is 0 Å². The largest absolute Gasteiger partial charge is 0.368 e. The van der Waals surface area contributed by atoms with Crippen LogP contribution >= 0.6 is 0 Å². The fourth-order valence-corrected chi connectivity index (χ4v) is 1.97. The van der Waals surface area contributed by atoms with Gasteiger partial charge in [0.05, 0.1) is 5.56 Å². The van der Waals surface area contributed by atoms with E-state index in [0.29, 0.717) is 22.6 Å². The van der Waals surface area contributed by atoms with Crippen LogP contribution in [0.2, 0.25) is 0 Å². The van der Waals surface area contributed by atoms with Gasteiger partial charge in [-0.25, -0.2) is 0 Å². The molecule has 9 heteroatoms. The minimum absolute atomic E-state index is 0.133. The molecule has 0 spiro atoms. The molecule has 3 rings (SSSR count). The second-order valence-electron chi connectivity index (χ2n) is 4.88. The van der Waals surface area contributed by atoms with Gasteiger partial charge < -0.3 is 11.1 Å². The van der Waals surface area contributed by atoms with Gasteiger partial charge in [0.2, 0.25) is 11.7 Å². The predicted molar refractivity (Wildman–Crippen MR) is 84.6 cm³/mol. The third-order valence-electron chi connectivity index (χ3n) is 3.07. The Hall–Kier alpha value is -3.62. The average Bonchev–Trinajstić information content (AvgIpc) is 3.04. The zero-order valence-corrected chi connectivity index (χ0v) is 12.5. The van der Waals surface area contributed by atoms with E-state index in [0.717, 1.165) is 4.80 Å². The summed E-state index contributed by atoms with van der Waals surface area (Å²) in [5, 5.41) is 14.4. The Kier molecular flexibility index (Phi) is 4.23. The zero-order valence-electron chi connectivity index (χ0n) is 12.5. The second kappa shape index (κ2) is 6.65. The number of nitrogens with two attached hydrogens (primary N) is 1. The molecule has 2 heterocycles. The van der Waals surface area contributed by atoms with Crippen LogP contribution < -0.4 is 11.1 Å². The highest BCUT2D eigenvalue weighted by molar-refractivity contribution is 6.04. The molecule has 3 N–H and O–H groups in total. The summed E-state index contributed by atoms with van der Waals surface area (Å²) in [5.41, 5.74) is 6.87. The van der Waals surface area contributed by atoms with Crippen LogP contribution in [0.3, 0.4) is 0 Å². The van der Waals surface area contributed by atoms with E-state index in [1.165, 1.54) is 6.20 Å². The van der Waals surface area contributed by atoms with Crippen LogP contribution in [0.4, 0.5) is 5.69 Å². The summed E-state index contributed by atoms with van der Waals surface area (Å²) in [6.07, 6.45) is 3.09. The molecule has 0 aliphatic heterocycles. The van der Waals surface area contributed by atoms with Gasteiger partial charge in [-0.05, 0) is 41.6 Å². The van der Waals surface area contributed by atoms with Crippen LogP contribution in [-0.4, -0.2) is 37.0 Å². The molecule has 0 bridgehead atoms. The molecule has 0 radical (unpaired) electrons. The van der Waals surface area contributed by atoms with E-state index in [1.54, 1.807) is 42.6 Å². The van der Waals surface area contributed by atoms with Crippen LogP contribution in [0.5, 0.6) is 0 Å². The number of benzene rings is 1. The van der Waals surface area contributed by atoms with E-state index in [1.807, 2.05) is 0 Å². The van der Waals surface area contributed by atoms with Gasteiger partial charge in [0.25, 0.3) is 5.91 Å². The zero-order chi connectivity index (χ0) is 16.9. The number of rotatable bonds is 5. The highest BCUT2D eigenvalue weighted by Crippen LogP contribution is 2.17. The molecule has 0 aliphatic rings. The molecule has 0 fully saturated rings. The standard InChI is InChI=1S/C15H13N7O2/c16-13(23)9-22-20-14(19-21-22)10-3-5-12(6-4-10)18-15(24)11-2-1-7-17-8-11/h1-8H,9H2,(H2,16,23)(H,18,24). The van der Waals surface area contributed by atoms with Gasteiger partial charge in [0, 0.05) is 23.6 Å². The number of carbonyl (C=O) groups excluding carboxylic acids is 2. The molecule has 9 nitrogen and oxygen atoms in total. The first-order chi connectivity index (χ1) is 11.6. The van der Waals surface area contributed by atoms with Gasteiger partial charge in [0.1, 0.15) is 6.54 Å². The van der Waals surface area contributed by atoms with Crippen LogP contribution in [0, 0.1) is 0 Å². The van der Waals surface area contributed by atoms with Crippen molar-refractivity contribution in [3.63, 3.8) is 0 Å². The van der Waals surface area contributed by atoms with Crippen molar-refractivity contribution in [2.75, 3.05) is 5.32 Å². The van der Waals surface area contributed by atoms with E-state index in [-0.39, 0.29) is 12.5 Å². The summed E-state index contributed by atoms with van der Waals surface area (Å²) in [5.74, 6) is -0.435. The highest BCUT2D eigenvalue weighted by Gasteiger charge is 2.09. The number of aromatic nitrogens is 5. The lowest BCUT2D eigenvalue weighted by atomic mass is 10.2. The molecular weight excluding hydrogens is 310 g/mol. The van der Waals surface area contributed by atoms with Crippen LogP contribution in [-0.2, 0) is 11.3 Å². The smallest absolute Gasteiger partial charge is 0.257 e. The highest BCUT2D eigenvalue weighted by atomic mass is 16.2. The van der Waals surface area contributed by atoms with Crippen LogP contribution in [0.15, 0.2) is 48.8 Å². The van der Waals surface area contributed by atoms with E-state index in [2.05, 4.69) is 25.7 Å². The van der Waals surface area contributed by atoms with Crippen molar-refractivity contribution in [3.8, 4) is 11.4 Å². The van der Waals surface area contributed by atoms with E-state index >= 15 is 0 Å². The molecule has 120 valence electrons. The molecular formula is C15H13N7O2. The summed E-state index contributed by atoms with van der Waals surface area (Å²) in [7, 11) is 0. The van der Waals surface area contributed by atoms with Crippen molar-refractivity contribution in [1.82, 2.24) is 25.2 Å². The molecule has 1 aromatic carbocycles. The Labute approximate surface area is 136 Å². The lowest BCUT2D eigenvalue weighted by Crippen LogP contribution is -2.20. The number of carbonyl (C=O) groups is 2. The van der Waals surface area contributed by atoms with Crippen molar-refractivity contribution in [2.45, 2.75) is 6.54 Å². The van der Waals surface area contributed by atoms with Gasteiger partial charge in [-0.1, -0.05) is 0 Å². The number of amides is 2. The third kappa shape index (κ3) is 3.58. The summed E-state index contributed by atoms with van der Waals surface area (Å²) < 4.78 is 0. The third-order valence-corrected chi connectivity index (χ3v) is 3.07. The SMILES string of the molecule is NC(=O)Cn1nnc(-c2ccc(NC(=O)c3cccnc3)cc2)n1. The minimum Gasteiger partial charge on any atom is -0.368 e. The molecule has 0 unspecified atom stereocenters. The molecule has 3 aromatic rings. The first kappa shape index (κ1) is 15.3. The second-order valence-corrected chi connectivity index (χ2v) is 4.88. The normalized spacial score (nSPS) is 10.3. The number of nitrogens with zero attached hydrogens (tertiary/aromatic N) is 5. The summed E-state index contributed by atoms with van der Waals surface area (Å²) >= 11 is 0. The number of tetrazole rings is 1. The Balaban J connectivity index is 1.70. The molecule has 0 aliphatic carbocycles. The number of anilines is 1. The number of hydrogen-bond acceptors (Lipinski definition) is 6. The van der Waals surface area contributed by atoms with Gasteiger partial charge in [-0.2, -0.15) is 4.80 Å². The predicted octanol–water partition coefficient (Wildman–Crippen LogP) is 0.473. The maximum atomic E-state index is 12.0. The van der Waals surface area contributed by atoms with Gasteiger partial charge in [0.15, 0.2) is 0 Å². The van der Waals surface area contributed by atoms with E-state index in [4.69, 9.17) is 5.73 Å². The Morgan fingerprint density at radius 1 is 1.17 bits per heavy atom. The van der Waals surface area contributed by atoms with E-state index in [9.17, 15) is 9.59 Å². The Morgan fingerprint density at radius 3 is 2.62 bits per heavy atom. The maximum Gasteiger partial charge on any atom is 0.257 e. The number of pyridine rings is 1. The Morgan fingerprint density at radius 2 is 1.96 bits per heavy atom. The lowest BCUT2D eigenvalue weighted by Gasteiger charge is -2.05. The number of primary amides is 1. The van der Waals surface area contributed by atoms with Gasteiger partial charge >= 0.3 is 0 Å². The van der Waals surface area contributed by atoms with Crippen LogP contribution in [0.25, 0.3) is 11.4 Å². The quantitative estimate of drug-likeness (QED) is 0.702. The Bertz CT molecular complexity index is 859. The topological polar surface area (TPSA) is 129 Å². The molecule has 0 saturated carbocycles. The van der Waals surface area contributed by atoms with E-state index < -0.39 is 5.91 Å². The summed E-state index contributed by atoms with van der Waals surface area (Å²) in [6, 6.07) is 10.3. The fraction of sp³-hybridized carbons (Fsp3) is 0.0667. The fourth-order valence-electron chi connectivity index (χ4n) is 1.97. The summed E-state index contributed by atoms with van der Waals surface area (Å²) in [4.78, 5) is 27.9. The first-order valence-electron chi connectivity index (χ1n) is 7.00. The van der Waals surface area contributed by atoms with Crippen molar-refractivity contribution < 1.29 is 9.59 Å². The average molecular weight is 323 g/mol. The molecule has 0 atom stereocenters.